The van der Waals surface area contributed by atoms with E-state index in [1.54, 1.807) is 0 Å². The van der Waals surface area contributed by atoms with Gasteiger partial charge in [-0.15, -0.1) is 0 Å². The van der Waals surface area contributed by atoms with Crippen LogP contribution in [0.5, 0.6) is 0 Å². The zero-order valence-electron chi connectivity index (χ0n) is 6.96. The highest BCUT2D eigenvalue weighted by atomic mass is 35.5. The minimum Gasteiger partial charge on any atom is -0.446 e. The number of allylic oxidation sites excluding steroid dienone is 1. The van der Waals surface area contributed by atoms with E-state index < -0.39 is 5.43 Å². The molecule has 1 rings (SSSR count). The summed E-state index contributed by atoms with van der Waals surface area (Å²) in [5.41, 5.74) is -0.703. The van der Waals surface area contributed by atoms with Crippen LogP contribution in [0.15, 0.2) is 12.2 Å². The van der Waals surface area contributed by atoms with Gasteiger partial charge in [0.2, 0.25) is 0 Å². The van der Waals surface area contributed by atoms with E-state index >= 15 is 0 Å². The third-order valence-corrected chi connectivity index (χ3v) is 2.04. The molecule has 0 spiro atoms. The highest BCUT2D eigenvalue weighted by Gasteiger charge is 2.09. The minimum atomic E-state index is -0.703. The Labute approximate surface area is 77.5 Å². The molecule has 0 aliphatic heterocycles. The number of carbonyl (C=O) groups excluding carboxylic acids is 1. The van der Waals surface area contributed by atoms with Crippen LogP contribution in [0.2, 0.25) is 0 Å². The summed E-state index contributed by atoms with van der Waals surface area (Å²) in [6.07, 6.45) is 9.42. The van der Waals surface area contributed by atoms with Gasteiger partial charge in [0.05, 0.1) is 0 Å². The van der Waals surface area contributed by atoms with Crippen LogP contribution in [0.25, 0.3) is 0 Å². The quantitative estimate of drug-likeness (QED) is 0.467. The number of carbonyl (C=O) groups is 1. The van der Waals surface area contributed by atoms with Crippen molar-refractivity contribution >= 4 is 17.0 Å². The van der Waals surface area contributed by atoms with Crippen LogP contribution in [0, 0.1) is 0 Å². The first-order valence-corrected chi connectivity index (χ1v) is 4.69. The molecule has 0 fully saturated rings. The monoisotopic (exact) mass is 188 g/mol. The topological polar surface area (TPSA) is 26.3 Å². The Hall–Kier alpha value is -0.500. The van der Waals surface area contributed by atoms with Crippen molar-refractivity contribution in [3.05, 3.63) is 12.2 Å². The second-order valence-electron chi connectivity index (χ2n) is 2.96. The first kappa shape index (κ1) is 9.59. The Morgan fingerprint density at radius 3 is 3.00 bits per heavy atom. The molecule has 0 heterocycles. The predicted molar refractivity (Wildman–Crippen MR) is 48.3 cm³/mol. The lowest BCUT2D eigenvalue weighted by atomic mass is 10.0. The van der Waals surface area contributed by atoms with Crippen LogP contribution in [0.1, 0.15) is 32.1 Å². The summed E-state index contributed by atoms with van der Waals surface area (Å²) in [4.78, 5) is 10.4. The highest BCUT2D eigenvalue weighted by Crippen LogP contribution is 2.14. The summed E-state index contributed by atoms with van der Waals surface area (Å²) in [7, 11) is 0. The van der Waals surface area contributed by atoms with E-state index in [2.05, 4.69) is 6.08 Å². The van der Waals surface area contributed by atoms with Gasteiger partial charge in [-0.25, -0.2) is 4.79 Å². The molecule has 1 aliphatic carbocycles. The molecule has 68 valence electrons. The van der Waals surface area contributed by atoms with Gasteiger partial charge in [-0.3, -0.25) is 0 Å². The number of rotatable bonds is 1. The van der Waals surface area contributed by atoms with E-state index in [9.17, 15) is 4.79 Å². The summed E-state index contributed by atoms with van der Waals surface area (Å²) < 4.78 is 4.87. The average Bonchev–Trinajstić information content (AvgIpc) is 1.93. The van der Waals surface area contributed by atoms with Crippen molar-refractivity contribution in [2.45, 2.75) is 38.2 Å². The molecule has 0 aromatic rings. The lowest BCUT2D eigenvalue weighted by Gasteiger charge is -2.13. The summed E-state index contributed by atoms with van der Waals surface area (Å²) in [5, 5.41) is 0. The first-order chi connectivity index (χ1) is 5.79. The Bertz CT molecular complexity index is 177. The van der Waals surface area contributed by atoms with Crippen LogP contribution in [0.4, 0.5) is 4.79 Å². The molecule has 0 amide bonds. The van der Waals surface area contributed by atoms with Crippen LogP contribution >= 0.6 is 11.6 Å². The summed E-state index contributed by atoms with van der Waals surface area (Å²) in [6, 6.07) is 0. The van der Waals surface area contributed by atoms with Gasteiger partial charge in [0.15, 0.2) is 0 Å². The maximum Gasteiger partial charge on any atom is 0.404 e. The van der Waals surface area contributed by atoms with Crippen LogP contribution in [-0.2, 0) is 4.74 Å². The lowest BCUT2D eigenvalue weighted by Crippen LogP contribution is -2.12. The Balaban J connectivity index is 2.38. The number of hydrogen-bond acceptors (Lipinski definition) is 2. The molecule has 12 heavy (non-hydrogen) atoms. The summed E-state index contributed by atoms with van der Waals surface area (Å²) in [5.74, 6) is 0. The van der Waals surface area contributed by atoms with E-state index in [0.717, 1.165) is 19.3 Å². The maximum atomic E-state index is 10.4. The number of halogens is 1. The van der Waals surface area contributed by atoms with Crippen molar-refractivity contribution in [1.29, 1.82) is 0 Å². The summed E-state index contributed by atoms with van der Waals surface area (Å²) in [6.45, 7) is 0. The Kier molecular flexibility index (Phi) is 4.15. The lowest BCUT2D eigenvalue weighted by molar-refractivity contribution is 0.138. The van der Waals surface area contributed by atoms with Gasteiger partial charge in [-0.1, -0.05) is 12.5 Å². The zero-order valence-corrected chi connectivity index (χ0v) is 7.72. The molecule has 0 N–H and O–H groups in total. The molecule has 0 aromatic carbocycles. The van der Waals surface area contributed by atoms with Gasteiger partial charge in [0.1, 0.15) is 6.10 Å². The molecule has 0 radical (unpaired) electrons. The van der Waals surface area contributed by atoms with E-state index in [0.29, 0.717) is 0 Å². The van der Waals surface area contributed by atoms with E-state index in [-0.39, 0.29) is 6.10 Å². The van der Waals surface area contributed by atoms with Gasteiger partial charge in [0, 0.05) is 11.6 Å². The van der Waals surface area contributed by atoms with Crippen LogP contribution in [0.3, 0.4) is 0 Å². The van der Waals surface area contributed by atoms with Gasteiger partial charge in [-0.2, -0.15) is 0 Å². The maximum absolute atomic E-state index is 10.4. The molecule has 1 aliphatic rings. The van der Waals surface area contributed by atoms with Crippen molar-refractivity contribution in [2.75, 3.05) is 0 Å². The van der Waals surface area contributed by atoms with E-state index in [1.165, 1.54) is 12.8 Å². The van der Waals surface area contributed by atoms with Gasteiger partial charge in [-0.05, 0) is 31.8 Å². The van der Waals surface area contributed by atoms with Gasteiger partial charge in [0.25, 0.3) is 0 Å². The Morgan fingerprint density at radius 1 is 1.42 bits per heavy atom. The minimum absolute atomic E-state index is 0.102. The van der Waals surface area contributed by atoms with Gasteiger partial charge >= 0.3 is 5.43 Å². The summed E-state index contributed by atoms with van der Waals surface area (Å²) >= 11 is 5.11. The number of ether oxygens (including phenoxy) is 1. The van der Waals surface area contributed by atoms with Gasteiger partial charge < -0.3 is 4.74 Å². The second-order valence-corrected chi connectivity index (χ2v) is 3.27. The molecule has 2 nitrogen and oxygen atoms in total. The van der Waals surface area contributed by atoms with Crippen LogP contribution in [-0.4, -0.2) is 11.5 Å². The van der Waals surface area contributed by atoms with Crippen molar-refractivity contribution in [1.82, 2.24) is 0 Å². The van der Waals surface area contributed by atoms with Crippen molar-refractivity contribution in [2.24, 2.45) is 0 Å². The normalized spacial score (nSPS) is 24.2. The second kappa shape index (κ2) is 5.20. The smallest absolute Gasteiger partial charge is 0.404 e. The standard InChI is InChI=1S/C9H13ClO2/c10-9(11)12-8-6-4-2-1-3-5-7-8/h4,6,8H,1-3,5,7H2. The fourth-order valence-electron chi connectivity index (χ4n) is 1.35. The molecule has 0 saturated heterocycles. The Morgan fingerprint density at radius 2 is 2.25 bits per heavy atom. The van der Waals surface area contributed by atoms with E-state index in [1.807, 2.05) is 6.08 Å². The fraction of sp³-hybridized carbons (Fsp3) is 0.667. The molecule has 0 aromatic heterocycles. The molecular formula is C9H13ClO2. The van der Waals surface area contributed by atoms with Crippen LogP contribution < -0.4 is 0 Å². The van der Waals surface area contributed by atoms with E-state index in [4.69, 9.17) is 16.3 Å². The number of hydrogen-bond donors (Lipinski definition) is 0. The SMILES string of the molecule is O=C(Cl)OC1C=CCCCCC1. The van der Waals surface area contributed by atoms with Crippen molar-refractivity contribution in [3.8, 4) is 0 Å². The molecule has 3 heteroatoms. The largest absolute Gasteiger partial charge is 0.446 e. The zero-order chi connectivity index (χ0) is 8.81. The first-order valence-electron chi connectivity index (χ1n) is 4.32. The molecular weight excluding hydrogens is 176 g/mol. The third-order valence-electron chi connectivity index (χ3n) is 1.95. The molecule has 0 saturated carbocycles. The highest BCUT2D eigenvalue weighted by molar-refractivity contribution is 6.61. The third kappa shape index (κ3) is 3.77. The average molecular weight is 189 g/mol. The molecule has 1 unspecified atom stereocenters. The van der Waals surface area contributed by atoms with Crippen molar-refractivity contribution in [3.63, 3.8) is 0 Å². The molecule has 1 atom stereocenters. The van der Waals surface area contributed by atoms with Crippen molar-refractivity contribution < 1.29 is 9.53 Å². The predicted octanol–water partition coefficient (Wildman–Crippen LogP) is 3.25. The molecule has 0 bridgehead atoms. The fourth-order valence-corrected chi connectivity index (χ4v) is 1.46.